The first kappa shape index (κ1) is 19.8. The number of carbonyl (C=O) groups is 1. The van der Waals surface area contributed by atoms with E-state index < -0.39 is 11.6 Å². The van der Waals surface area contributed by atoms with Gasteiger partial charge in [-0.15, -0.1) is 0 Å². The van der Waals surface area contributed by atoms with Gasteiger partial charge in [0, 0.05) is 17.2 Å². The molecule has 0 fully saturated rings. The van der Waals surface area contributed by atoms with Gasteiger partial charge < -0.3 is 4.74 Å². The smallest absolute Gasteiger partial charge is 0.215 e. The van der Waals surface area contributed by atoms with Gasteiger partial charge in [0.25, 0.3) is 0 Å². The second-order valence-electron chi connectivity index (χ2n) is 7.25. The van der Waals surface area contributed by atoms with Crippen LogP contribution >= 0.6 is 0 Å². The molecule has 0 bridgehead atoms. The summed E-state index contributed by atoms with van der Waals surface area (Å²) in [5.41, 5.74) is 4.68. The summed E-state index contributed by atoms with van der Waals surface area (Å²) in [4.78, 5) is 11.8. The van der Waals surface area contributed by atoms with E-state index in [-0.39, 0.29) is 18.0 Å². The van der Waals surface area contributed by atoms with Crippen LogP contribution in [0.1, 0.15) is 34.1 Å². The maximum absolute atomic E-state index is 14.0. The number of pyridine rings is 1. The molecule has 0 N–H and O–H groups in total. The fraction of sp³-hybridized carbons (Fsp3) is 0.167. The second kappa shape index (κ2) is 7.71. The molecule has 0 atom stereocenters. The standard InChI is InChI=1S/C24H20F2N2O2/c1-14-10-22-24(18-7-4-6-17(12-18)16(3)29)15(2)27-28(22)23(11-14)30-13-19-20(25)8-5-9-21(19)26/h4-12H,13H2,1-3H3. The topological polar surface area (TPSA) is 43.6 Å². The van der Waals surface area contributed by atoms with Crippen molar-refractivity contribution in [3.8, 4) is 17.0 Å². The summed E-state index contributed by atoms with van der Waals surface area (Å²) in [6.45, 7) is 5.05. The largest absolute Gasteiger partial charge is 0.473 e. The Morgan fingerprint density at radius 2 is 1.73 bits per heavy atom. The SMILES string of the molecule is CC(=O)c1cccc(-c2c(C)nn3c(OCc4c(F)cccc4F)cc(C)cc23)c1. The summed E-state index contributed by atoms with van der Waals surface area (Å²) < 4.78 is 35.3. The van der Waals surface area contributed by atoms with E-state index in [0.717, 1.165) is 27.9 Å². The lowest BCUT2D eigenvalue weighted by atomic mass is 10.0. The van der Waals surface area contributed by atoms with Crippen molar-refractivity contribution in [1.29, 1.82) is 0 Å². The van der Waals surface area contributed by atoms with E-state index in [1.807, 2.05) is 38.1 Å². The summed E-state index contributed by atoms with van der Waals surface area (Å²) in [6.07, 6.45) is 0. The van der Waals surface area contributed by atoms with Crippen LogP contribution in [0.5, 0.6) is 5.88 Å². The van der Waals surface area contributed by atoms with Gasteiger partial charge in [0.1, 0.15) is 18.2 Å². The van der Waals surface area contributed by atoms with Gasteiger partial charge in [-0.3, -0.25) is 4.79 Å². The van der Waals surface area contributed by atoms with Gasteiger partial charge in [0.15, 0.2) is 5.78 Å². The van der Waals surface area contributed by atoms with Gasteiger partial charge in [0.2, 0.25) is 5.88 Å². The number of halogens is 2. The third-order valence-electron chi connectivity index (χ3n) is 5.00. The molecule has 2 aromatic carbocycles. The number of fused-ring (bicyclic) bond motifs is 1. The lowest BCUT2D eigenvalue weighted by Gasteiger charge is -2.11. The summed E-state index contributed by atoms with van der Waals surface area (Å²) in [6, 6.07) is 14.8. The second-order valence-corrected chi connectivity index (χ2v) is 7.25. The number of nitrogens with zero attached hydrogens (tertiary/aromatic N) is 2. The third-order valence-corrected chi connectivity index (χ3v) is 5.00. The predicted octanol–water partition coefficient (Wildman–Crippen LogP) is 5.68. The number of hydrogen-bond acceptors (Lipinski definition) is 3. The summed E-state index contributed by atoms with van der Waals surface area (Å²) in [5.74, 6) is -0.947. The van der Waals surface area contributed by atoms with Crippen LogP contribution in [0.25, 0.3) is 16.6 Å². The molecule has 4 aromatic rings. The van der Waals surface area contributed by atoms with Gasteiger partial charge in [-0.1, -0.05) is 24.3 Å². The number of aromatic nitrogens is 2. The van der Waals surface area contributed by atoms with Crippen LogP contribution < -0.4 is 4.74 Å². The van der Waals surface area contributed by atoms with E-state index in [9.17, 15) is 13.6 Å². The Balaban J connectivity index is 1.79. The average Bonchev–Trinajstić information content (AvgIpc) is 3.03. The summed E-state index contributed by atoms with van der Waals surface area (Å²) in [7, 11) is 0. The Kier molecular flexibility index (Phi) is 5.08. The van der Waals surface area contributed by atoms with Crippen LogP contribution in [0.15, 0.2) is 54.6 Å². The van der Waals surface area contributed by atoms with Crippen molar-refractivity contribution >= 4 is 11.3 Å². The zero-order valence-corrected chi connectivity index (χ0v) is 16.9. The van der Waals surface area contributed by atoms with Crippen molar-refractivity contribution in [3.63, 3.8) is 0 Å². The third kappa shape index (κ3) is 3.56. The molecule has 2 aromatic heterocycles. The zero-order valence-electron chi connectivity index (χ0n) is 16.9. The van der Waals surface area contributed by atoms with E-state index >= 15 is 0 Å². The molecule has 4 nitrogen and oxygen atoms in total. The number of carbonyl (C=O) groups excluding carboxylic acids is 1. The highest BCUT2D eigenvalue weighted by molar-refractivity contribution is 5.96. The normalized spacial score (nSPS) is 11.1. The Hall–Kier alpha value is -3.54. The number of aryl methyl sites for hydroxylation is 2. The molecule has 4 rings (SSSR count). The number of ketones is 1. The molecule has 0 saturated carbocycles. The monoisotopic (exact) mass is 406 g/mol. The Bertz CT molecular complexity index is 1260. The van der Waals surface area contributed by atoms with Crippen LogP contribution in [0.4, 0.5) is 8.78 Å². The van der Waals surface area contributed by atoms with Crippen molar-refractivity contribution in [3.05, 3.63) is 88.6 Å². The van der Waals surface area contributed by atoms with Crippen molar-refractivity contribution < 1.29 is 18.3 Å². The van der Waals surface area contributed by atoms with Gasteiger partial charge in [-0.2, -0.15) is 5.10 Å². The highest BCUT2D eigenvalue weighted by Gasteiger charge is 2.17. The lowest BCUT2D eigenvalue weighted by Crippen LogP contribution is -2.05. The van der Waals surface area contributed by atoms with E-state index in [1.165, 1.54) is 25.1 Å². The summed E-state index contributed by atoms with van der Waals surface area (Å²) >= 11 is 0. The maximum atomic E-state index is 14.0. The minimum absolute atomic E-state index is 0.0157. The first-order valence-electron chi connectivity index (χ1n) is 9.52. The van der Waals surface area contributed by atoms with E-state index in [4.69, 9.17) is 4.74 Å². The van der Waals surface area contributed by atoms with Crippen molar-refractivity contribution in [2.45, 2.75) is 27.4 Å². The Morgan fingerprint density at radius 1 is 1.03 bits per heavy atom. The number of Topliss-reactive ketones (excluding diaryl/α,β-unsaturated/α-hetero) is 1. The molecular weight excluding hydrogens is 386 g/mol. The fourth-order valence-corrected chi connectivity index (χ4v) is 3.53. The van der Waals surface area contributed by atoms with Gasteiger partial charge in [-0.05, 0) is 56.2 Å². The van der Waals surface area contributed by atoms with Crippen molar-refractivity contribution in [2.24, 2.45) is 0 Å². The van der Waals surface area contributed by atoms with Crippen molar-refractivity contribution in [2.75, 3.05) is 0 Å². The Labute approximate surface area is 172 Å². The lowest BCUT2D eigenvalue weighted by molar-refractivity contribution is 0.101. The van der Waals surface area contributed by atoms with Crippen LogP contribution in [0.3, 0.4) is 0 Å². The molecule has 0 saturated heterocycles. The van der Waals surface area contributed by atoms with Gasteiger partial charge in [-0.25, -0.2) is 13.3 Å². The number of ether oxygens (including phenoxy) is 1. The molecular formula is C24H20F2N2O2. The Morgan fingerprint density at radius 3 is 2.43 bits per heavy atom. The molecule has 0 radical (unpaired) electrons. The molecule has 2 heterocycles. The molecule has 0 aliphatic carbocycles. The number of hydrogen-bond donors (Lipinski definition) is 0. The van der Waals surface area contributed by atoms with Gasteiger partial charge in [0.05, 0.1) is 16.8 Å². The van der Waals surface area contributed by atoms with Crippen LogP contribution in [0, 0.1) is 25.5 Å². The predicted molar refractivity (Wildman–Crippen MR) is 111 cm³/mol. The zero-order chi connectivity index (χ0) is 21.4. The van der Waals surface area contributed by atoms with Crippen molar-refractivity contribution in [1.82, 2.24) is 9.61 Å². The van der Waals surface area contributed by atoms with E-state index in [1.54, 1.807) is 16.6 Å². The molecule has 0 aliphatic heterocycles. The van der Waals surface area contributed by atoms with E-state index in [0.29, 0.717) is 11.4 Å². The fourth-order valence-electron chi connectivity index (χ4n) is 3.53. The maximum Gasteiger partial charge on any atom is 0.215 e. The van der Waals surface area contributed by atoms with Crippen LogP contribution in [-0.2, 0) is 6.61 Å². The molecule has 0 amide bonds. The number of rotatable bonds is 5. The number of benzene rings is 2. The first-order chi connectivity index (χ1) is 14.3. The molecule has 6 heteroatoms. The summed E-state index contributed by atoms with van der Waals surface area (Å²) in [5, 5.41) is 4.58. The molecule has 0 aliphatic rings. The van der Waals surface area contributed by atoms with Crippen LogP contribution in [0.2, 0.25) is 0 Å². The minimum Gasteiger partial charge on any atom is -0.473 e. The first-order valence-corrected chi connectivity index (χ1v) is 9.52. The van der Waals surface area contributed by atoms with Crippen LogP contribution in [-0.4, -0.2) is 15.4 Å². The minimum atomic E-state index is -0.655. The average molecular weight is 406 g/mol. The highest BCUT2D eigenvalue weighted by Crippen LogP contribution is 2.32. The van der Waals surface area contributed by atoms with Gasteiger partial charge >= 0.3 is 0 Å². The molecule has 152 valence electrons. The van der Waals surface area contributed by atoms with E-state index in [2.05, 4.69) is 5.10 Å². The molecule has 30 heavy (non-hydrogen) atoms. The highest BCUT2D eigenvalue weighted by atomic mass is 19.1. The molecule has 0 unspecified atom stereocenters. The molecule has 0 spiro atoms. The quantitative estimate of drug-likeness (QED) is 0.401.